The highest BCUT2D eigenvalue weighted by Gasteiger charge is 2.32. The minimum Gasteiger partial charge on any atom is -0.480 e. The fourth-order valence-electron chi connectivity index (χ4n) is 3.49. The van der Waals surface area contributed by atoms with Crippen LogP contribution in [-0.2, 0) is 16.0 Å². The van der Waals surface area contributed by atoms with Gasteiger partial charge in [-0.25, -0.2) is 4.79 Å². The average Bonchev–Trinajstić information content (AvgIpc) is 2.88. The zero-order valence-corrected chi connectivity index (χ0v) is 18.7. The summed E-state index contributed by atoms with van der Waals surface area (Å²) < 4.78 is 13.6. The molecule has 0 heterocycles. The molecule has 0 saturated heterocycles. The summed E-state index contributed by atoms with van der Waals surface area (Å²) in [6, 6.07) is 16.3. The molecule has 11 heteroatoms. The van der Waals surface area contributed by atoms with E-state index in [2.05, 4.69) is 10.6 Å². The predicted molar refractivity (Wildman–Crippen MR) is 125 cm³/mol. The molecule has 3 atom stereocenters. The van der Waals surface area contributed by atoms with E-state index in [0.717, 1.165) is 18.2 Å². The zero-order chi connectivity index (χ0) is 26.2. The van der Waals surface area contributed by atoms with Crippen LogP contribution in [0.5, 0.6) is 0 Å². The minimum atomic E-state index is -1.88. The first-order valence-electron chi connectivity index (χ1n) is 10.7. The fraction of sp³-hybridized carbons (Fsp3) is 0.160. The summed E-state index contributed by atoms with van der Waals surface area (Å²) in [7, 11) is 0. The topological polar surface area (TPSA) is 159 Å². The number of halogens is 1. The van der Waals surface area contributed by atoms with Crippen LogP contribution in [0.2, 0.25) is 0 Å². The van der Waals surface area contributed by atoms with E-state index >= 15 is 0 Å². The number of rotatable bonds is 10. The number of aliphatic hydroxyl groups is 1. The number of amides is 2. The van der Waals surface area contributed by atoms with Gasteiger partial charge < -0.3 is 20.8 Å². The molecule has 3 aromatic rings. The van der Waals surface area contributed by atoms with Crippen LogP contribution in [-0.4, -0.2) is 45.1 Å². The number of aliphatic hydroxyl groups excluding tert-OH is 1. The van der Waals surface area contributed by atoms with E-state index in [9.17, 15) is 39.1 Å². The van der Waals surface area contributed by atoms with Crippen LogP contribution >= 0.6 is 0 Å². The smallest absolute Gasteiger partial charge is 0.326 e. The van der Waals surface area contributed by atoms with Crippen LogP contribution in [0.1, 0.15) is 27.5 Å². The van der Waals surface area contributed by atoms with Crippen molar-refractivity contribution >= 4 is 23.5 Å². The van der Waals surface area contributed by atoms with Gasteiger partial charge in [-0.1, -0.05) is 54.6 Å². The number of carbonyl (C=O) groups excluding carboxylic acids is 2. The first kappa shape index (κ1) is 26.0. The normalized spacial score (nSPS) is 13.2. The van der Waals surface area contributed by atoms with Crippen molar-refractivity contribution in [1.82, 2.24) is 10.6 Å². The highest BCUT2D eigenvalue weighted by molar-refractivity contribution is 5.95. The van der Waals surface area contributed by atoms with Gasteiger partial charge in [-0.2, -0.15) is 4.39 Å². The van der Waals surface area contributed by atoms with Gasteiger partial charge in [0.2, 0.25) is 5.82 Å². The van der Waals surface area contributed by atoms with E-state index in [-0.39, 0.29) is 11.1 Å². The van der Waals surface area contributed by atoms with Crippen LogP contribution in [0.25, 0.3) is 0 Å². The van der Waals surface area contributed by atoms with Crippen LogP contribution < -0.4 is 10.6 Å². The molecule has 36 heavy (non-hydrogen) atoms. The van der Waals surface area contributed by atoms with Gasteiger partial charge in [-0.3, -0.25) is 19.7 Å². The van der Waals surface area contributed by atoms with Gasteiger partial charge in [0.1, 0.15) is 6.04 Å². The minimum absolute atomic E-state index is 0.0854. The maximum atomic E-state index is 13.6. The molecule has 0 aliphatic heterocycles. The third-order valence-corrected chi connectivity index (χ3v) is 5.33. The Balaban J connectivity index is 1.80. The monoisotopic (exact) mass is 495 g/mol. The van der Waals surface area contributed by atoms with Crippen molar-refractivity contribution in [1.29, 1.82) is 0 Å². The van der Waals surface area contributed by atoms with Crippen molar-refractivity contribution in [2.75, 3.05) is 0 Å². The summed E-state index contributed by atoms with van der Waals surface area (Å²) in [5.41, 5.74) is -0.0733. The Hall–Kier alpha value is -4.64. The fourth-order valence-corrected chi connectivity index (χ4v) is 3.49. The number of carbonyl (C=O) groups is 3. The molecule has 0 saturated carbocycles. The summed E-state index contributed by atoms with van der Waals surface area (Å²) in [5.74, 6) is -4.23. The van der Waals surface area contributed by atoms with E-state index in [1.54, 1.807) is 60.7 Å². The molecule has 0 unspecified atom stereocenters. The van der Waals surface area contributed by atoms with Gasteiger partial charge in [-0.15, -0.1) is 0 Å². The molecule has 2 amide bonds. The molecule has 0 bridgehead atoms. The largest absolute Gasteiger partial charge is 0.480 e. The standard InChI is InChI=1S/C25H22FN3O7/c26-18-12-11-15(14-20(18)29(35)36)13-19(25(33)34)27-24(32)22(30)21(16-7-3-1-4-8-16)28-23(31)17-9-5-2-6-10-17/h1-12,14,19,21-22,30H,13H2,(H,27,32)(H,28,31)(H,33,34)/t19-,21+,22-/m1/s1. The Kier molecular flexibility index (Phi) is 8.42. The number of nitrogens with zero attached hydrogens (tertiary/aromatic N) is 1. The van der Waals surface area contributed by atoms with Crippen molar-refractivity contribution in [2.45, 2.75) is 24.6 Å². The van der Waals surface area contributed by atoms with Gasteiger partial charge in [0.15, 0.2) is 6.10 Å². The molecule has 3 rings (SSSR count). The van der Waals surface area contributed by atoms with Crippen molar-refractivity contribution in [2.24, 2.45) is 0 Å². The second-order valence-electron chi connectivity index (χ2n) is 7.82. The molecular weight excluding hydrogens is 473 g/mol. The number of carboxylic acid groups (broad SMARTS) is 1. The molecule has 186 valence electrons. The number of nitrogens with one attached hydrogen (secondary N) is 2. The van der Waals surface area contributed by atoms with E-state index in [4.69, 9.17) is 0 Å². The molecule has 0 aliphatic rings. The van der Waals surface area contributed by atoms with Crippen LogP contribution in [0.4, 0.5) is 10.1 Å². The summed E-state index contributed by atoms with van der Waals surface area (Å²) >= 11 is 0. The van der Waals surface area contributed by atoms with Crippen molar-refractivity contribution in [3.05, 3.63) is 111 Å². The third kappa shape index (κ3) is 6.48. The number of nitro groups is 1. The molecule has 0 fully saturated rings. The predicted octanol–water partition coefficient (Wildman–Crippen LogP) is 2.38. The highest BCUT2D eigenvalue weighted by Crippen LogP contribution is 2.21. The van der Waals surface area contributed by atoms with Gasteiger partial charge in [0.25, 0.3) is 11.8 Å². The lowest BCUT2D eigenvalue weighted by atomic mass is 9.99. The lowest BCUT2D eigenvalue weighted by Crippen LogP contribution is -2.50. The molecule has 4 N–H and O–H groups in total. The number of hydrogen-bond acceptors (Lipinski definition) is 6. The van der Waals surface area contributed by atoms with E-state index in [0.29, 0.717) is 5.56 Å². The zero-order valence-electron chi connectivity index (χ0n) is 18.7. The third-order valence-electron chi connectivity index (χ3n) is 5.33. The van der Waals surface area contributed by atoms with E-state index in [1.807, 2.05) is 0 Å². The Bertz CT molecular complexity index is 1260. The molecule has 10 nitrogen and oxygen atoms in total. The SMILES string of the molecule is O=C(N[C@@H](c1ccccc1)[C@@H](O)C(=O)N[C@H](Cc1ccc(F)c([N+](=O)[O-])c1)C(=O)O)c1ccccc1. The second kappa shape index (κ2) is 11.7. The first-order chi connectivity index (χ1) is 17.2. The Morgan fingerprint density at radius 2 is 1.56 bits per heavy atom. The molecule has 3 aromatic carbocycles. The Morgan fingerprint density at radius 3 is 2.14 bits per heavy atom. The van der Waals surface area contributed by atoms with Gasteiger partial charge >= 0.3 is 11.7 Å². The van der Waals surface area contributed by atoms with Crippen molar-refractivity contribution in [3.8, 4) is 0 Å². The van der Waals surface area contributed by atoms with E-state index in [1.165, 1.54) is 0 Å². The van der Waals surface area contributed by atoms with Crippen LogP contribution in [0.3, 0.4) is 0 Å². The second-order valence-corrected chi connectivity index (χ2v) is 7.82. The van der Waals surface area contributed by atoms with Gasteiger partial charge in [0.05, 0.1) is 11.0 Å². The molecule has 0 spiro atoms. The number of carboxylic acids is 1. The number of nitro benzene ring substituents is 1. The van der Waals surface area contributed by atoms with Crippen molar-refractivity contribution in [3.63, 3.8) is 0 Å². The summed E-state index contributed by atoms with van der Waals surface area (Å²) in [6.45, 7) is 0. The van der Waals surface area contributed by atoms with Crippen molar-refractivity contribution < 1.29 is 33.9 Å². The first-order valence-corrected chi connectivity index (χ1v) is 10.7. The molecular formula is C25H22FN3O7. The van der Waals surface area contributed by atoms with E-state index < -0.39 is 58.8 Å². The lowest BCUT2D eigenvalue weighted by Gasteiger charge is -2.25. The Labute approximate surface area is 204 Å². The molecule has 0 radical (unpaired) electrons. The quantitative estimate of drug-likeness (QED) is 0.248. The van der Waals surface area contributed by atoms with Crippen LogP contribution in [0, 0.1) is 15.9 Å². The molecule has 0 aromatic heterocycles. The number of aliphatic carboxylic acids is 1. The van der Waals surface area contributed by atoms with Gasteiger partial charge in [-0.05, 0) is 29.3 Å². The summed E-state index contributed by atoms with van der Waals surface area (Å²) in [5, 5.41) is 36.1. The van der Waals surface area contributed by atoms with Gasteiger partial charge in [0, 0.05) is 18.1 Å². The summed E-state index contributed by atoms with van der Waals surface area (Å²) in [6.07, 6.45) is -2.30. The molecule has 0 aliphatic carbocycles. The number of benzene rings is 3. The summed E-state index contributed by atoms with van der Waals surface area (Å²) in [4.78, 5) is 47.4. The lowest BCUT2D eigenvalue weighted by molar-refractivity contribution is -0.387. The average molecular weight is 495 g/mol. The maximum absolute atomic E-state index is 13.6. The highest BCUT2D eigenvalue weighted by atomic mass is 19.1. The maximum Gasteiger partial charge on any atom is 0.326 e. The Morgan fingerprint density at radius 1 is 0.944 bits per heavy atom. The number of hydrogen-bond donors (Lipinski definition) is 4. The van der Waals surface area contributed by atoms with Crippen LogP contribution in [0.15, 0.2) is 78.9 Å².